The molecule has 0 N–H and O–H groups in total. The Morgan fingerprint density at radius 3 is 0.783 bits per heavy atom. The average Bonchev–Trinajstić information content (AvgIpc) is 3.49. The molecule has 0 fully saturated rings. The summed E-state index contributed by atoms with van der Waals surface area (Å²) in [6, 6.07) is 0. The first-order valence-electron chi connectivity index (χ1n) is 34.3. The Balaban J connectivity index is 4.41. The molecule has 6 nitrogen and oxygen atoms in total. The summed E-state index contributed by atoms with van der Waals surface area (Å²) in [4.78, 5) is 38.4. The van der Waals surface area contributed by atoms with Gasteiger partial charge >= 0.3 is 17.9 Å². The van der Waals surface area contributed by atoms with Crippen molar-refractivity contribution in [2.45, 2.75) is 309 Å². The highest BCUT2D eigenvalue weighted by atomic mass is 16.6. The predicted molar refractivity (Wildman–Crippen MR) is 362 cm³/mol. The third-order valence-corrected chi connectivity index (χ3v) is 14.3. The lowest BCUT2D eigenvalue weighted by molar-refractivity contribution is -0.167. The van der Waals surface area contributed by atoms with Crippen LogP contribution >= 0.6 is 0 Å². The summed E-state index contributed by atoms with van der Waals surface area (Å²) in [7, 11) is 0. The molecule has 0 aromatic heterocycles. The molecular formula is C77H126O6. The fraction of sp³-hybridized carbons (Fsp3) is 0.649. The summed E-state index contributed by atoms with van der Waals surface area (Å²) >= 11 is 0. The van der Waals surface area contributed by atoms with Crippen LogP contribution in [0.15, 0.2) is 146 Å². The number of hydrogen-bond acceptors (Lipinski definition) is 6. The van der Waals surface area contributed by atoms with E-state index in [-0.39, 0.29) is 31.1 Å². The molecule has 0 heterocycles. The van der Waals surface area contributed by atoms with Crippen LogP contribution in [-0.4, -0.2) is 37.2 Å². The van der Waals surface area contributed by atoms with Crippen LogP contribution in [0.25, 0.3) is 0 Å². The van der Waals surface area contributed by atoms with Gasteiger partial charge in [0.05, 0.1) is 0 Å². The molecule has 0 aromatic rings. The fourth-order valence-corrected chi connectivity index (χ4v) is 9.21. The molecule has 0 saturated carbocycles. The zero-order valence-electron chi connectivity index (χ0n) is 53.9. The highest BCUT2D eigenvalue weighted by Crippen LogP contribution is 2.16. The Morgan fingerprint density at radius 1 is 0.253 bits per heavy atom. The molecular weight excluding hydrogens is 1020 g/mol. The van der Waals surface area contributed by atoms with Gasteiger partial charge in [-0.15, -0.1) is 0 Å². The number of rotatable bonds is 61. The van der Waals surface area contributed by atoms with Gasteiger partial charge < -0.3 is 14.2 Å². The molecule has 0 rings (SSSR count). The topological polar surface area (TPSA) is 78.9 Å². The van der Waals surface area contributed by atoms with Crippen LogP contribution in [0.5, 0.6) is 0 Å². The maximum Gasteiger partial charge on any atom is 0.306 e. The Bertz CT molecular complexity index is 1800. The van der Waals surface area contributed by atoms with Gasteiger partial charge in [-0.2, -0.15) is 0 Å². The lowest BCUT2D eigenvalue weighted by atomic mass is 10.0. The van der Waals surface area contributed by atoms with Crippen molar-refractivity contribution in [2.24, 2.45) is 0 Å². The van der Waals surface area contributed by atoms with Gasteiger partial charge in [0.2, 0.25) is 0 Å². The quantitative estimate of drug-likeness (QED) is 0.0261. The first-order chi connectivity index (χ1) is 41.0. The third-order valence-electron chi connectivity index (χ3n) is 14.3. The average molecular weight is 1150 g/mol. The molecule has 0 aliphatic carbocycles. The van der Waals surface area contributed by atoms with Crippen LogP contribution < -0.4 is 0 Å². The monoisotopic (exact) mass is 1150 g/mol. The van der Waals surface area contributed by atoms with Crippen LogP contribution in [-0.2, 0) is 28.6 Å². The van der Waals surface area contributed by atoms with E-state index in [1.165, 1.54) is 128 Å². The normalized spacial score (nSPS) is 13.0. The minimum atomic E-state index is -0.805. The molecule has 1 unspecified atom stereocenters. The largest absolute Gasteiger partial charge is 0.462 e. The van der Waals surface area contributed by atoms with Gasteiger partial charge in [0.25, 0.3) is 0 Å². The van der Waals surface area contributed by atoms with Gasteiger partial charge in [-0.3, -0.25) is 14.4 Å². The lowest BCUT2D eigenvalue weighted by Gasteiger charge is -2.18. The maximum absolute atomic E-state index is 12.9. The van der Waals surface area contributed by atoms with E-state index in [2.05, 4.69) is 167 Å². The summed E-state index contributed by atoms with van der Waals surface area (Å²) in [5.74, 6) is -0.945. The minimum Gasteiger partial charge on any atom is -0.462 e. The van der Waals surface area contributed by atoms with E-state index in [0.717, 1.165) is 128 Å². The Kier molecular flexibility index (Phi) is 65.8. The number of allylic oxidation sites excluding steroid dienone is 24. The van der Waals surface area contributed by atoms with Crippen molar-refractivity contribution in [3.8, 4) is 0 Å². The zero-order valence-corrected chi connectivity index (χ0v) is 53.9. The van der Waals surface area contributed by atoms with E-state index in [4.69, 9.17) is 14.2 Å². The van der Waals surface area contributed by atoms with Crippen molar-refractivity contribution in [3.05, 3.63) is 146 Å². The van der Waals surface area contributed by atoms with E-state index in [0.29, 0.717) is 25.7 Å². The number of hydrogen-bond donors (Lipinski definition) is 0. The van der Waals surface area contributed by atoms with Crippen molar-refractivity contribution in [1.82, 2.24) is 0 Å². The summed E-state index contributed by atoms with van der Waals surface area (Å²) in [5, 5.41) is 0. The second-order valence-corrected chi connectivity index (χ2v) is 22.4. The Hall–Kier alpha value is -4.71. The van der Waals surface area contributed by atoms with E-state index in [9.17, 15) is 14.4 Å². The summed E-state index contributed by atoms with van der Waals surface area (Å²) in [6.07, 6.45) is 100. The molecule has 0 bridgehead atoms. The molecule has 0 aromatic carbocycles. The first kappa shape index (κ1) is 78.3. The van der Waals surface area contributed by atoms with Crippen LogP contribution in [0.1, 0.15) is 303 Å². The smallest absolute Gasteiger partial charge is 0.306 e. The van der Waals surface area contributed by atoms with Crippen molar-refractivity contribution in [1.29, 1.82) is 0 Å². The predicted octanol–water partition coefficient (Wildman–Crippen LogP) is 23.9. The molecule has 0 amide bonds. The second kappa shape index (κ2) is 69.8. The molecule has 0 aliphatic heterocycles. The summed E-state index contributed by atoms with van der Waals surface area (Å²) in [6.45, 7) is 6.48. The summed E-state index contributed by atoms with van der Waals surface area (Å²) < 4.78 is 16.9. The van der Waals surface area contributed by atoms with E-state index in [1.807, 2.05) is 0 Å². The molecule has 6 heteroatoms. The number of esters is 3. The van der Waals surface area contributed by atoms with Gasteiger partial charge in [0.15, 0.2) is 6.10 Å². The maximum atomic E-state index is 12.9. The van der Waals surface area contributed by atoms with Gasteiger partial charge in [0, 0.05) is 19.3 Å². The minimum absolute atomic E-state index is 0.0965. The highest BCUT2D eigenvalue weighted by Gasteiger charge is 2.19. The van der Waals surface area contributed by atoms with Crippen molar-refractivity contribution < 1.29 is 28.6 Å². The number of unbranched alkanes of at least 4 members (excludes halogenated alkanes) is 26. The van der Waals surface area contributed by atoms with Gasteiger partial charge in [-0.1, -0.05) is 301 Å². The molecule has 0 spiro atoms. The number of carbonyl (C=O) groups is 3. The molecule has 83 heavy (non-hydrogen) atoms. The van der Waals surface area contributed by atoms with Gasteiger partial charge in [-0.25, -0.2) is 0 Å². The van der Waals surface area contributed by atoms with Crippen LogP contribution in [0.3, 0.4) is 0 Å². The van der Waals surface area contributed by atoms with E-state index >= 15 is 0 Å². The van der Waals surface area contributed by atoms with Crippen LogP contribution in [0.4, 0.5) is 0 Å². The van der Waals surface area contributed by atoms with Crippen LogP contribution in [0, 0.1) is 0 Å². The molecule has 0 aliphatic rings. The first-order valence-corrected chi connectivity index (χ1v) is 34.3. The third kappa shape index (κ3) is 68.0. The van der Waals surface area contributed by atoms with Crippen molar-refractivity contribution >= 4 is 17.9 Å². The fourth-order valence-electron chi connectivity index (χ4n) is 9.21. The van der Waals surface area contributed by atoms with Crippen molar-refractivity contribution in [2.75, 3.05) is 13.2 Å². The number of carbonyl (C=O) groups excluding carboxylic acids is 3. The second-order valence-electron chi connectivity index (χ2n) is 22.4. The van der Waals surface area contributed by atoms with Crippen LogP contribution in [0.2, 0.25) is 0 Å². The standard InChI is InChI=1S/C77H126O6/c1-4-7-10-13-16-19-22-25-28-30-31-32-33-34-35-36-37-38-39-40-41-42-43-44-45-47-49-52-55-58-61-64-67-70-76(79)82-73-74(72-81-75(78)69-66-63-60-57-54-51-48-27-24-21-18-15-12-9-6-3)83-77(80)71-68-65-62-59-56-53-50-46-29-26-23-20-17-14-11-8-5-2/h7,10,16-17,19-20,25-26,28-29,31-32,34-35,37-38,40-41,43-44,47,49,55,58,74H,4-6,8-9,11-15,18,21-24,27,30,33,36,39,42,45-46,48,50-54,56-57,59-73H2,1-3H3/b10-7-,19-16-,20-17-,28-25-,29-26-,32-31-,35-34-,38-37-,41-40-,44-43-,49-47-,58-55-. The lowest BCUT2D eigenvalue weighted by Crippen LogP contribution is -2.30. The molecule has 470 valence electrons. The van der Waals surface area contributed by atoms with Gasteiger partial charge in [0.1, 0.15) is 13.2 Å². The zero-order chi connectivity index (χ0) is 59.9. The van der Waals surface area contributed by atoms with E-state index < -0.39 is 6.10 Å². The molecule has 1 atom stereocenters. The molecule has 0 radical (unpaired) electrons. The Labute approximate surface area is 512 Å². The van der Waals surface area contributed by atoms with Gasteiger partial charge in [-0.05, 0) is 128 Å². The number of ether oxygens (including phenoxy) is 3. The highest BCUT2D eigenvalue weighted by molar-refractivity contribution is 5.71. The Morgan fingerprint density at radius 2 is 0.470 bits per heavy atom. The summed E-state index contributed by atoms with van der Waals surface area (Å²) in [5.41, 5.74) is 0. The SMILES string of the molecule is CC/C=C\C/C=C\C/C=C\C/C=C\C/C=C\C/C=C\C/C=C\C/C=C\C/C=C\C/C=C\CCCCC(=O)OCC(COC(=O)CCCCCCCCCCCCCCCCC)OC(=O)CCCCCCCCC/C=C\C/C=C\CCCCC. The van der Waals surface area contributed by atoms with E-state index in [1.54, 1.807) is 0 Å². The van der Waals surface area contributed by atoms with Crippen molar-refractivity contribution in [3.63, 3.8) is 0 Å². The molecule has 0 saturated heterocycles.